The predicted octanol–water partition coefficient (Wildman–Crippen LogP) is 3.96. The van der Waals surface area contributed by atoms with Crippen molar-refractivity contribution in [2.75, 3.05) is 10.6 Å². The third-order valence-corrected chi connectivity index (χ3v) is 3.99. The zero-order valence-corrected chi connectivity index (χ0v) is 14.4. The van der Waals surface area contributed by atoms with Crippen LogP contribution in [0.4, 0.5) is 17.3 Å². The second-order valence-electron chi connectivity index (χ2n) is 5.84. The van der Waals surface area contributed by atoms with Crippen LogP contribution in [0, 0.1) is 25.2 Å². The van der Waals surface area contributed by atoms with Crippen LogP contribution in [0.3, 0.4) is 0 Å². The maximum Gasteiger partial charge on any atom is 0.256 e. The van der Waals surface area contributed by atoms with Crippen molar-refractivity contribution in [3.05, 3.63) is 76.9 Å². The molecule has 3 rings (SSSR count). The number of nitriles is 1. The first-order chi connectivity index (χ1) is 12.6. The molecule has 1 aromatic heterocycles. The molecule has 0 saturated carbocycles. The van der Waals surface area contributed by atoms with Crippen molar-refractivity contribution in [1.82, 2.24) is 10.2 Å². The highest BCUT2D eigenvalue weighted by molar-refractivity contribution is 6.03. The molecule has 26 heavy (non-hydrogen) atoms. The Labute approximate surface area is 151 Å². The average Bonchev–Trinajstić information content (AvgIpc) is 2.66. The van der Waals surface area contributed by atoms with Gasteiger partial charge in [-0.3, -0.25) is 4.79 Å². The maximum absolute atomic E-state index is 12.3. The lowest BCUT2D eigenvalue weighted by Crippen LogP contribution is -2.13. The Morgan fingerprint density at radius 3 is 2.38 bits per heavy atom. The highest BCUT2D eigenvalue weighted by Gasteiger charge is 2.09. The molecule has 1 amide bonds. The molecule has 0 aliphatic heterocycles. The minimum absolute atomic E-state index is 0.238. The average molecular weight is 343 g/mol. The van der Waals surface area contributed by atoms with E-state index >= 15 is 0 Å². The summed E-state index contributed by atoms with van der Waals surface area (Å²) in [6, 6.07) is 18.1. The third-order valence-electron chi connectivity index (χ3n) is 3.99. The van der Waals surface area contributed by atoms with Gasteiger partial charge in [0.25, 0.3) is 5.91 Å². The van der Waals surface area contributed by atoms with Crippen molar-refractivity contribution >= 4 is 23.2 Å². The number of anilines is 3. The number of carbonyl (C=O) groups is 1. The first-order valence-corrected chi connectivity index (χ1v) is 8.05. The summed E-state index contributed by atoms with van der Waals surface area (Å²) in [4.78, 5) is 12.3. The van der Waals surface area contributed by atoms with Crippen LogP contribution in [0.2, 0.25) is 0 Å². The number of hydrogen-bond acceptors (Lipinski definition) is 5. The van der Waals surface area contributed by atoms with Gasteiger partial charge in [-0.1, -0.05) is 18.2 Å². The Hall–Kier alpha value is -3.72. The summed E-state index contributed by atoms with van der Waals surface area (Å²) < 4.78 is 0. The topological polar surface area (TPSA) is 90.7 Å². The molecule has 0 saturated heterocycles. The van der Waals surface area contributed by atoms with Crippen molar-refractivity contribution in [3.8, 4) is 6.07 Å². The Kier molecular flexibility index (Phi) is 4.90. The first kappa shape index (κ1) is 17.1. The van der Waals surface area contributed by atoms with Crippen LogP contribution in [0.5, 0.6) is 0 Å². The summed E-state index contributed by atoms with van der Waals surface area (Å²) in [7, 11) is 0. The van der Waals surface area contributed by atoms with Gasteiger partial charge in [0.05, 0.1) is 11.3 Å². The summed E-state index contributed by atoms with van der Waals surface area (Å²) in [5, 5.41) is 22.9. The van der Waals surface area contributed by atoms with Crippen LogP contribution < -0.4 is 10.6 Å². The summed E-state index contributed by atoms with van der Waals surface area (Å²) in [5.74, 6) is 0.599. The first-order valence-electron chi connectivity index (χ1n) is 8.05. The third kappa shape index (κ3) is 3.84. The normalized spacial score (nSPS) is 10.0. The Morgan fingerprint density at radius 2 is 1.69 bits per heavy atom. The molecule has 6 heteroatoms. The van der Waals surface area contributed by atoms with Gasteiger partial charge >= 0.3 is 0 Å². The van der Waals surface area contributed by atoms with Crippen LogP contribution in [0.1, 0.15) is 27.0 Å². The zero-order valence-electron chi connectivity index (χ0n) is 14.4. The highest BCUT2D eigenvalue weighted by Crippen LogP contribution is 2.19. The van der Waals surface area contributed by atoms with Crippen molar-refractivity contribution in [1.29, 1.82) is 5.26 Å². The van der Waals surface area contributed by atoms with Gasteiger partial charge in [-0.05, 0) is 61.4 Å². The summed E-state index contributed by atoms with van der Waals surface area (Å²) in [5.41, 5.74) is 3.92. The number of benzene rings is 2. The molecule has 0 spiro atoms. The lowest BCUT2D eigenvalue weighted by molar-refractivity contribution is 0.102. The van der Waals surface area contributed by atoms with Gasteiger partial charge in [0.2, 0.25) is 0 Å². The molecule has 2 N–H and O–H groups in total. The fourth-order valence-corrected chi connectivity index (χ4v) is 2.36. The minimum atomic E-state index is -0.238. The molecule has 0 bridgehead atoms. The number of nitrogens with one attached hydrogen (secondary N) is 2. The number of para-hydroxylation sites is 1. The predicted molar refractivity (Wildman–Crippen MR) is 100 cm³/mol. The fraction of sp³-hybridized carbons (Fsp3) is 0.100. The zero-order chi connectivity index (χ0) is 18.5. The van der Waals surface area contributed by atoms with Crippen LogP contribution in [-0.2, 0) is 0 Å². The number of nitrogens with zero attached hydrogens (tertiary/aromatic N) is 3. The van der Waals surface area contributed by atoms with Gasteiger partial charge in [0.1, 0.15) is 6.07 Å². The summed E-state index contributed by atoms with van der Waals surface area (Å²) in [6.07, 6.45) is 0. The monoisotopic (exact) mass is 343 g/mol. The molecule has 0 radical (unpaired) electrons. The lowest BCUT2D eigenvalue weighted by atomic mass is 10.1. The molecule has 0 fully saturated rings. The molecule has 0 unspecified atom stereocenters. The lowest BCUT2D eigenvalue weighted by Gasteiger charge is -2.08. The number of aryl methyl sites for hydroxylation is 2. The Bertz CT molecular complexity index is 990. The van der Waals surface area contributed by atoms with Crippen LogP contribution in [0.15, 0.2) is 54.6 Å². The van der Waals surface area contributed by atoms with Gasteiger partial charge < -0.3 is 10.6 Å². The highest BCUT2D eigenvalue weighted by atomic mass is 16.1. The van der Waals surface area contributed by atoms with Crippen molar-refractivity contribution in [3.63, 3.8) is 0 Å². The molecule has 0 atom stereocenters. The summed E-state index contributed by atoms with van der Waals surface area (Å²) >= 11 is 0. The molecular formula is C20H17N5O. The fourth-order valence-electron chi connectivity index (χ4n) is 2.36. The van der Waals surface area contributed by atoms with Crippen molar-refractivity contribution < 1.29 is 4.79 Å². The van der Waals surface area contributed by atoms with E-state index in [4.69, 9.17) is 5.26 Å². The SMILES string of the molecule is Cc1ccc(C(=O)Nc2ccc(Nc3ccccc3C#N)nn2)cc1C. The number of amides is 1. The van der Waals surface area contributed by atoms with Crippen LogP contribution in [-0.4, -0.2) is 16.1 Å². The maximum atomic E-state index is 12.3. The van der Waals surface area contributed by atoms with E-state index in [1.54, 1.807) is 36.4 Å². The van der Waals surface area contributed by atoms with Gasteiger partial charge in [-0.2, -0.15) is 5.26 Å². The van der Waals surface area contributed by atoms with Crippen molar-refractivity contribution in [2.45, 2.75) is 13.8 Å². The second kappa shape index (κ2) is 7.45. The van der Waals surface area contributed by atoms with Gasteiger partial charge in [-0.25, -0.2) is 0 Å². The van der Waals surface area contributed by atoms with Crippen LogP contribution in [0.25, 0.3) is 0 Å². The summed E-state index contributed by atoms with van der Waals surface area (Å²) in [6.45, 7) is 3.96. The molecule has 1 heterocycles. The molecule has 0 aliphatic rings. The van der Waals surface area contributed by atoms with E-state index in [1.165, 1.54) is 0 Å². The Balaban J connectivity index is 1.70. The van der Waals surface area contributed by atoms with E-state index in [1.807, 2.05) is 32.0 Å². The van der Waals surface area contributed by atoms with Crippen molar-refractivity contribution in [2.24, 2.45) is 0 Å². The van der Waals surface area contributed by atoms with Gasteiger partial charge in [-0.15, -0.1) is 10.2 Å². The van der Waals surface area contributed by atoms with Gasteiger partial charge in [0.15, 0.2) is 11.6 Å². The Morgan fingerprint density at radius 1 is 0.962 bits per heavy atom. The number of carbonyl (C=O) groups excluding carboxylic acids is 1. The van der Waals surface area contributed by atoms with E-state index in [9.17, 15) is 4.79 Å². The molecule has 0 aliphatic carbocycles. The van der Waals surface area contributed by atoms with Crippen LogP contribution >= 0.6 is 0 Å². The van der Waals surface area contributed by atoms with E-state index < -0.39 is 0 Å². The smallest absolute Gasteiger partial charge is 0.256 e. The molecule has 2 aromatic carbocycles. The van der Waals surface area contributed by atoms with E-state index in [0.29, 0.717) is 28.5 Å². The molecular weight excluding hydrogens is 326 g/mol. The van der Waals surface area contributed by atoms with E-state index in [0.717, 1.165) is 11.1 Å². The number of aromatic nitrogens is 2. The van der Waals surface area contributed by atoms with E-state index in [-0.39, 0.29) is 5.91 Å². The minimum Gasteiger partial charge on any atom is -0.338 e. The largest absolute Gasteiger partial charge is 0.338 e. The molecule has 3 aromatic rings. The number of hydrogen-bond donors (Lipinski definition) is 2. The number of rotatable bonds is 4. The van der Waals surface area contributed by atoms with E-state index in [2.05, 4.69) is 26.9 Å². The molecule has 6 nitrogen and oxygen atoms in total. The second-order valence-corrected chi connectivity index (χ2v) is 5.84. The molecule has 128 valence electrons. The quantitative estimate of drug-likeness (QED) is 0.748. The standard InChI is InChI=1S/C20H17N5O/c1-13-7-8-15(11-14(13)2)20(26)23-19-10-9-18(24-25-19)22-17-6-4-3-5-16(17)12-21/h3-11H,1-2H3,(H,22,24)(H,23,25,26). The van der Waals surface area contributed by atoms with Gasteiger partial charge in [0, 0.05) is 5.56 Å².